The van der Waals surface area contributed by atoms with E-state index in [1.807, 2.05) is 28.7 Å². The molecule has 2 nitrogen and oxygen atoms in total. The normalized spacial score (nSPS) is 11.5. The molecule has 0 spiro atoms. The van der Waals surface area contributed by atoms with Crippen molar-refractivity contribution in [2.75, 3.05) is 0 Å². The van der Waals surface area contributed by atoms with Gasteiger partial charge in [-0.1, -0.05) is 44.5 Å². The van der Waals surface area contributed by atoms with E-state index in [1.54, 1.807) is 29.2 Å². The number of hydrogen-bond acceptors (Lipinski definition) is 5. The number of rotatable bonds is 8. The molecule has 4 rings (SSSR count). The zero-order valence-electron chi connectivity index (χ0n) is 16.6. The number of nitriles is 1. The maximum atomic E-state index is 8.75. The first kappa shape index (κ1) is 21.0. The summed E-state index contributed by atoms with van der Waals surface area (Å²) < 4.78 is 5.11. The van der Waals surface area contributed by atoms with Gasteiger partial charge < -0.3 is 4.57 Å². The Kier molecular flexibility index (Phi) is 6.16. The highest BCUT2D eigenvalue weighted by Crippen LogP contribution is 2.47. The molecule has 0 atom stereocenters. The molecule has 0 saturated heterocycles. The molecule has 150 valence electrons. The minimum absolute atomic E-state index is 0.914. The predicted octanol–water partition coefficient (Wildman–Crippen LogP) is 9.00. The van der Waals surface area contributed by atoms with Crippen LogP contribution in [0.1, 0.15) is 23.1 Å². The lowest BCUT2D eigenvalue weighted by Crippen LogP contribution is -1.94. The SMILES string of the molecule is C=CC(=C)SC(=C)c1cc2c(s1)c1sc(-c3ccc(/C=C\C#N)s3)cc1n2CCC. The summed E-state index contributed by atoms with van der Waals surface area (Å²) in [5.41, 5.74) is 2.60. The van der Waals surface area contributed by atoms with Crippen molar-refractivity contribution in [2.45, 2.75) is 19.9 Å². The third-order valence-corrected chi connectivity index (χ3v) is 9.35. The fourth-order valence-corrected chi connectivity index (χ4v) is 7.42. The molecule has 0 aliphatic heterocycles. The van der Waals surface area contributed by atoms with E-state index in [9.17, 15) is 0 Å². The lowest BCUT2D eigenvalue weighted by molar-refractivity contribution is 0.724. The fraction of sp³-hybridized carbons (Fsp3) is 0.125. The molecule has 4 aromatic heterocycles. The van der Waals surface area contributed by atoms with Gasteiger partial charge in [0.1, 0.15) is 0 Å². The van der Waals surface area contributed by atoms with Crippen molar-refractivity contribution in [3.05, 3.63) is 70.8 Å². The van der Waals surface area contributed by atoms with Crippen molar-refractivity contribution in [1.82, 2.24) is 4.57 Å². The molecular weight excluding hydrogens is 445 g/mol. The highest BCUT2D eigenvalue weighted by atomic mass is 32.2. The number of hydrogen-bond donors (Lipinski definition) is 0. The summed E-state index contributed by atoms with van der Waals surface area (Å²) in [5, 5.41) is 8.75. The molecule has 0 aliphatic rings. The van der Waals surface area contributed by atoms with Gasteiger partial charge in [0.15, 0.2) is 0 Å². The number of allylic oxidation sites excluding steroid dienone is 2. The first-order valence-corrected chi connectivity index (χ1v) is 12.7. The van der Waals surface area contributed by atoms with E-state index in [4.69, 9.17) is 5.26 Å². The van der Waals surface area contributed by atoms with E-state index in [0.29, 0.717) is 0 Å². The Balaban J connectivity index is 1.79. The lowest BCUT2D eigenvalue weighted by Gasteiger charge is -2.04. The van der Waals surface area contributed by atoms with Gasteiger partial charge in [0, 0.05) is 41.9 Å². The number of aromatic nitrogens is 1. The molecule has 6 heteroatoms. The van der Waals surface area contributed by atoms with Crippen LogP contribution < -0.4 is 0 Å². The zero-order chi connectivity index (χ0) is 21.3. The third kappa shape index (κ3) is 3.86. The van der Waals surface area contributed by atoms with Crippen molar-refractivity contribution in [3.8, 4) is 15.8 Å². The lowest BCUT2D eigenvalue weighted by atomic mass is 10.3. The zero-order valence-corrected chi connectivity index (χ0v) is 19.9. The third-order valence-electron chi connectivity index (χ3n) is 4.61. The van der Waals surface area contributed by atoms with Crippen LogP contribution in [-0.4, -0.2) is 4.57 Å². The molecule has 0 saturated carbocycles. The van der Waals surface area contributed by atoms with Crippen LogP contribution in [0.15, 0.2) is 61.1 Å². The van der Waals surface area contributed by atoms with Gasteiger partial charge in [0.2, 0.25) is 0 Å². The van der Waals surface area contributed by atoms with E-state index in [-0.39, 0.29) is 0 Å². The Bertz CT molecular complexity index is 1350. The van der Waals surface area contributed by atoms with Crippen molar-refractivity contribution in [2.24, 2.45) is 0 Å². The first-order chi connectivity index (χ1) is 14.5. The highest BCUT2D eigenvalue weighted by Gasteiger charge is 2.19. The quantitative estimate of drug-likeness (QED) is 0.192. The van der Waals surface area contributed by atoms with Gasteiger partial charge in [-0.2, -0.15) is 5.26 Å². The molecule has 4 aromatic rings. The van der Waals surface area contributed by atoms with Crippen LogP contribution in [0.25, 0.3) is 41.2 Å². The van der Waals surface area contributed by atoms with Gasteiger partial charge in [-0.3, -0.25) is 0 Å². The highest BCUT2D eigenvalue weighted by molar-refractivity contribution is 8.12. The van der Waals surface area contributed by atoms with Gasteiger partial charge in [-0.25, -0.2) is 0 Å². The average molecular weight is 465 g/mol. The Hall–Kier alpha value is -2.30. The van der Waals surface area contributed by atoms with Gasteiger partial charge in [-0.05, 0) is 36.8 Å². The smallest absolute Gasteiger partial charge is 0.0912 e. The molecule has 0 amide bonds. The van der Waals surface area contributed by atoms with Gasteiger partial charge in [0.25, 0.3) is 0 Å². The second-order valence-corrected chi connectivity index (χ2v) is 11.1. The minimum atomic E-state index is 0.914. The van der Waals surface area contributed by atoms with Gasteiger partial charge in [0.05, 0.1) is 26.5 Å². The number of thiophene rings is 3. The summed E-state index contributed by atoms with van der Waals surface area (Å²) in [7, 11) is 0. The summed E-state index contributed by atoms with van der Waals surface area (Å²) in [5.74, 6) is 0. The molecule has 0 unspecified atom stereocenters. The van der Waals surface area contributed by atoms with Crippen LogP contribution >= 0.6 is 45.8 Å². The average Bonchev–Trinajstić information content (AvgIpc) is 3.49. The summed E-state index contributed by atoms with van der Waals surface area (Å²) >= 11 is 6.95. The van der Waals surface area contributed by atoms with Crippen LogP contribution in [0.5, 0.6) is 0 Å². The van der Waals surface area contributed by atoms with Crippen LogP contribution in [0, 0.1) is 11.3 Å². The van der Waals surface area contributed by atoms with Crippen LogP contribution in [-0.2, 0) is 6.54 Å². The summed E-state index contributed by atoms with van der Waals surface area (Å²) in [6.07, 6.45) is 6.24. The molecule has 0 N–H and O–H groups in total. The Morgan fingerprint density at radius 2 is 1.90 bits per heavy atom. The van der Waals surface area contributed by atoms with E-state index < -0.39 is 0 Å². The van der Waals surface area contributed by atoms with Crippen LogP contribution in [0.3, 0.4) is 0 Å². The summed E-state index contributed by atoms with van der Waals surface area (Å²) in [4.78, 5) is 6.73. The van der Waals surface area contributed by atoms with E-state index in [2.05, 4.69) is 61.6 Å². The summed E-state index contributed by atoms with van der Waals surface area (Å²) in [6, 6.07) is 10.9. The standard InChI is InChI=1S/C24H20N2S4/c1-5-12-26-18-13-21(16(4)27-15(3)6-2)29-23(18)24-19(26)14-22(30-24)20-10-9-17(28-20)8-7-11-25/h6-10,13-14H,2-5,12H2,1H3/b8-7-. The van der Waals surface area contributed by atoms with Crippen molar-refractivity contribution in [3.63, 3.8) is 0 Å². The monoisotopic (exact) mass is 464 g/mol. The molecule has 30 heavy (non-hydrogen) atoms. The molecule has 0 radical (unpaired) electrons. The minimum Gasteiger partial charge on any atom is -0.339 e. The molecule has 0 aliphatic carbocycles. The van der Waals surface area contributed by atoms with E-state index >= 15 is 0 Å². The van der Waals surface area contributed by atoms with Gasteiger partial charge >= 0.3 is 0 Å². The fourth-order valence-electron chi connectivity index (χ4n) is 3.29. The number of nitrogens with zero attached hydrogens (tertiary/aromatic N) is 2. The summed E-state index contributed by atoms with van der Waals surface area (Å²) in [6.45, 7) is 15.3. The molecule has 0 aromatic carbocycles. The second kappa shape index (κ2) is 8.83. The number of thioether (sulfide) groups is 1. The second-order valence-electron chi connectivity index (χ2n) is 6.66. The van der Waals surface area contributed by atoms with Crippen LogP contribution in [0.2, 0.25) is 0 Å². The molecule has 0 fully saturated rings. The largest absolute Gasteiger partial charge is 0.339 e. The maximum absolute atomic E-state index is 8.75. The predicted molar refractivity (Wildman–Crippen MR) is 139 cm³/mol. The first-order valence-electron chi connectivity index (χ1n) is 9.46. The topological polar surface area (TPSA) is 28.7 Å². The van der Waals surface area contributed by atoms with Crippen molar-refractivity contribution >= 4 is 77.2 Å². The Labute approximate surface area is 192 Å². The Morgan fingerprint density at radius 3 is 2.63 bits per heavy atom. The molecule has 0 bridgehead atoms. The van der Waals surface area contributed by atoms with E-state index in [0.717, 1.165) is 27.7 Å². The van der Waals surface area contributed by atoms with Crippen molar-refractivity contribution < 1.29 is 0 Å². The number of fused-ring (bicyclic) bond motifs is 3. The molecular formula is C24H20N2S4. The van der Waals surface area contributed by atoms with Gasteiger partial charge in [-0.15, -0.1) is 34.0 Å². The maximum Gasteiger partial charge on any atom is 0.0912 e. The molecule has 4 heterocycles. The van der Waals surface area contributed by atoms with E-state index in [1.165, 1.54) is 41.1 Å². The number of aryl methyl sites for hydroxylation is 1. The Morgan fingerprint density at radius 1 is 1.13 bits per heavy atom. The van der Waals surface area contributed by atoms with Crippen molar-refractivity contribution in [1.29, 1.82) is 5.26 Å². The van der Waals surface area contributed by atoms with Crippen LogP contribution in [0.4, 0.5) is 0 Å².